The molecular weight excluding hydrogens is 316 g/mol. The number of nitrogens with zero attached hydrogens (tertiary/aromatic N) is 3. The van der Waals surface area contributed by atoms with E-state index >= 15 is 0 Å². The summed E-state index contributed by atoms with van der Waals surface area (Å²) >= 11 is 0. The van der Waals surface area contributed by atoms with Crippen LogP contribution in [0.3, 0.4) is 0 Å². The van der Waals surface area contributed by atoms with Gasteiger partial charge in [0.15, 0.2) is 0 Å². The van der Waals surface area contributed by atoms with E-state index in [-0.39, 0.29) is 11.5 Å². The fourth-order valence-electron chi connectivity index (χ4n) is 2.66. The van der Waals surface area contributed by atoms with Gasteiger partial charge in [0, 0.05) is 49.8 Å². The number of hydrogen-bond donors (Lipinski definition) is 1. The van der Waals surface area contributed by atoms with Gasteiger partial charge >= 0.3 is 0 Å². The Bertz CT molecular complexity index is 969. The van der Waals surface area contributed by atoms with Gasteiger partial charge in [-0.3, -0.25) is 9.59 Å². The maximum Gasteiger partial charge on any atom is 0.255 e. The minimum atomic E-state index is -0.288. The highest BCUT2D eigenvalue weighted by molar-refractivity contribution is 6.05. The van der Waals surface area contributed by atoms with Crippen molar-refractivity contribution < 1.29 is 4.79 Å². The molecule has 0 atom stereocenters. The number of amides is 1. The molecule has 1 amide bonds. The molecule has 0 fully saturated rings. The minimum absolute atomic E-state index is 0.208. The summed E-state index contributed by atoms with van der Waals surface area (Å²) in [5.74, 6) is -0.288. The standard InChI is InChI=1S/C19H22N4O2/c1-21(2)10-11-23-9-7-14-4-5-16(13-17(14)23)20-19(25)15-6-8-22(3)18(24)12-15/h4-9,12-13H,10-11H2,1-3H3,(H,20,25). The highest BCUT2D eigenvalue weighted by Gasteiger charge is 2.09. The fraction of sp³-hybridized carbons (Fsp3) is 0.263. The molecule has 0 unspecified atom stereocenters. The molecule has 25 heavy (non-hydrogen) atoms. The zero-order valence-corrected chi connectivity index (χ0v) is 14.7. The first-order chi connectivity index (χ1) is 11.9. The lowest BCUT2D eigenvalue weighted by atomic mass is 10.2. The van der Waals surface area contributed by atoms with Crippen molar-refractivity contribution in [2.45, 2.75) is 6.54 Å². The molecule has 0 aliphatic carbocycles. The van der Waals surface area contributed by atoms with Crippen LogP contribution in [0.15, 0.2) is 53.6 Å². The van der Waals surface area contributed by atoms with Crippen LogP contribution in [-0.2, 0) is 13.6 Å². The van der Waals surface area contributed by atoms with Crippen LogP contribution >= 0.6 is 0 Å². The van der Waals surface area contributed by atoms with E-state index in [1.807, 2.05) is 32.3 Å². The predicted octanol–water partition coefficient (Wildman–Crippen LogP) is 2.15. The number of carbonyl (C=O) groups excluding carboxylic acids is 1. The second-order valence-electron chi connectivity index (χ2n) is 6.40. The molecule has 3 aromatic rings. The van der Waals surface area contributed by atoms with Crippen LogP contribution in [0.1, 0.15) is 10.4 Å². The molecule has 0 radical (unpaired) electrons. The van der Waals surface area contributed by atoms with Crippen LogP contribution in [0.2, 0.25) is 0 Å². The number of benzene rings is 1. The first kappa shape index (κ1) is 17.0. The largest absolute Gasteiger partial charge is 0.346 e. The molecule has 0 aliphatic heterocycles. The zero-order valence-electron chi connectivity index (χ0n) is 14.7. The van der Waals surface area contributed by atoms with E-state index in [1.165, 1.54) is 10.6 Å². The topological polar surface area (TPSA) is 59.3 Å². The van der Waals surface area contributed by atoms with Crippen LogP contribution in [0.25, 0.3) is 10.9 Å². The van der Waals surface area contributed by atoms with Gasteiger partial charge in [-0.25, -0.2) is 0 Å². The third kappa shape index (κ3) is 3.80. The van der Waals surface area contributed by atoms with Crippen molar-refractivity contribution in [3.8, 4) is 0 Å². The minimum Gasteiger partial charge on any atom is -0.346 e. The number of hydrogen-bond acceptors (Lipinski definition) is 3. The third-order valence-electron chi connectivity index (χ3n) is 4.19. The number of aryl methyl sites for hydroxylation is 1. The highest BCUT2D eigenvalue weighted by Crippen LogP contribution is 2.21. The smallest absolute Gasteiger partial charge is 0.255 e. The molecule has 1 aromatic carbocycles. The van der Waals surface area contributed by atoms with Gasteiger partial charge < -0.3 is 19.4 Å². The summed E-state index contributed by atoms with van der Waals surface area (Å²) in [7, 11) is 5.74. The summed E-state index contributed by atoms with van der Waals surface area (Å²) in [5, 5.41) is 4.00. The van der Waals surface area contributed by atoms with Crippen LogP contribution < -0.4 is 10.9 Å². The van der Waals surface area contributed by atoms with E-state index in [2.05, 4.69) is 27.0 Å². The molecule has 0 spiro atoms. The number of carbonyl (C=O) groups is 1. The quantitative estimate of drug-likeness (QED) is 0.775. The third-order valence-corrected chi connectivity index (χ3v) is 4.19. The molecule has 1 N–H and O–H groups in total. The number of anilines is 1. The van der Waals surface area contributed by atoms with Crippen LogP contribution in [0, 0.1) is 0 Å². The van der Waals surface area contributed by atoms with E-state index in [0.717, 1.165) is 24.0 Å². The summed E-state index contributed by atoms with van der Waals surface area (Å²) in [4.78, 5) is 26.2. The van der Waals surface area contributed by atoms with Gasteiger partial charge in [0.05, 0.1) is 5.52 Å². The Balaban J connectivity index is 1.83. The van der Waals surface area contributed by atoms with Crippen molar-refractivity contribution in [3.63, 3.8) is 0 Å². The Labute approximate surface area is 146 Å². The van der Waals surface area contributed by atoms with Crippen molar-refractivity contribution >= 4 is 22.5 Å². The molecule has 0 saturated heterocycles. The molecule has 2 heterocycles. The summed E-state index contributed by atoms with van der Waals surface area (Å²) in [6, 6.07) is 10.9. The second-order valence-corrected chi connectivity index (χ2v) is 6.40. The van der Waals surface area contributed by atoms with Crippen molar-refractivity contribution in [1.29, 1.82) is 0 Å². The Morgan fingerprint density at radius 2 is 1.92 bits per heavy atom. The van der Waals surface area contributed by atoms with Crippen LogP contribution in [0.5, 0.6) is 0 Å². The molecule has 6 heteroatoms. The van der Waals surface area contributed by atoms with Gasteiger partial charge in [-0.2, -0.15) is 0 Å². The monoisotopic (exact) mass is 338 g/mol. The summed E-state index contributed by atoms with van der Waals surface area (Å²) in [6.45, 7) is 1.82. The second kappa shape index (κ2) is 6.94. The number of likely N-dealkylation sites (N-methyl/N-ethyl adjacent to an activating group) is 1. The van der Waals surface area contributed by atoms with E-state index in [4.69, 9.17) is 0 Å². The SMILES string of the molecule is CN(C)CCn1ccc2ccc(NC(=O)c3ccn(C)c(=O)c3)cc21. The Kier molecular flexibility index (Phi) is 4.72. The number of aromatic nitrogens is 2. The molecular formula is C19H22N4O2. The highest BCUT2D eigenvalue weighted by atomic mass is 16.2. The number of fused-ring (bicyclic) bond motifs is 1. The summed E-state index contributed by atoms with van der Waals surface area (Å²) in [6.07, 6.45) is 3.65. The molecule has 0 saturated carbocycles. The van der Waals surface area contributed by atoms with Crippen molar-refractivity contribution in [2.24, 2.45) is 7.05 Å². The molecule has 130 valence electrons. The number of pyridine rings is 1. The molecule has 0 aliphatic rings. The van der Waals surface area contributed by atoms with Crippen molar-refractivity contribution in [3.05, 3.63) is 64.7 Å². The molecule has 0 bridgehead atoms. The first-order valence-corrected chi connectivity index (χ1v) is 8.16. The molecule has 3 rings (SSSR count). The Hall–Kier alpha value is -2.86. The van der Waals surface area contributed by atoms with Crippen LogP contribution in [0.4, 0.5) is 5.69 Å². The maximum atomic E-state index is 12.4. The van der Waals surface area contributed by atoms with Gasteiger partial charge in [0.1, 0.15) is 0 Å². The first-order valence-electron chi connectivity index (χ1n) is 8.16. The van der Waals surface area contributed by atoms with Crippen LogP contribution in [-0.4, -0.2) is 40.6 Å². The van der Waals surface area contributed by atoms with Gasteiger partial charge in [-0.1, -0.05) is 6.07 Å². The normalized spacial score (nSPS) is 11.2. The average molecular weight is 338 g/mol. The molecule has 6 nitrogen and oxygen atoms in total. The Morgan fingerprint density at radius 1 is 1.12 bits per heavy atom. The summed E-state index contributed by atoms with van der Waals surface area (Å²) in [5.41, 5.74) is 1.93. The van der Waals surface area contributed by atoms with Crippen molar-refractivity contribution in [2.75, 3.05) is 26.0 Å². The van der Waals surface area contributed by atoms with Gasteiger partial charge in [-0.15, -0.1) is 0 Å². The average Bonchev–Trinajstić information content (AvgIpc) is 2.97. The lowest BCUT2D eigenvalue weighted by Gasteiger charge is -2.12. The summed E-state index contributed by atoms with van der Waals surface area (Å²) < 4.78 is 3.60. The molecule has 2 aromatic heterocycles. The number of rotatable bonds is 5. The number of nitrogens with one attached hydrogen (secondary N) is 1. The van der Waals surface area contributed by atoms with E-state index in [9.17, 15) is 9.59 Å². The van der Waals surface area contributed by atoms with E-state index in [1.54, 1.807) is 19.3 Å². The lowest BCUT2D eigenvalue weighted by molar-refractivity contribution is 0.102. The van der Waals surface area contributed by atoms with E-state index < -0.39 is 0 Å². The van der Waals surface area contributed by atoms with Gasteiger partial charge in [0.2, 0.25) is 0 Å². The predicted molar refractivity (Wildman–Crippen MR) is 100 cm³/mol. The van der Waals surface area contributed by atoms with Gasteiger partial charge in [0.25, 0.3) is 11.5 Å². The van der Waals surface area contributed by atoms with Crippen molar-refractivity contribution in [1.82, 2.24) is 14.0 Å². The lowest BCUT2D eigenvalue weighted by Crippen LogP contribution is -2.20. The van der Waals surface area contributed by atoms with E-state index in [0.29, 0.717) is 11.3 Å². The maximum absolute atomic E-state index is 12.4. The fourth-order valence-corrected chi connectivity index (χ4v) is 2.66. The Morgan fingerprint density at radius 3 is 2.64 bits per heavy atom. The zero-order chi connectivity index (χ0) is 18.0. The van der Waals surface area contributed by atoms with Gasteiger partial charge in [-0.05, 0) is 43.7 Å².